The molecule has 0 fully saturated rings. The average Bonchev–Trinajstić information content (AvgIpc) is 3.14. The predicted molar refractivity (Wildman–Crippen MR) is 95.3 cm³/mol. The number of hydrogen-bond acceptors (Lipinski definition) is 3. The van der Waals surface area contributed by atoms with Crippen LogP contribution in [0.3, 0.4) is 0 Å². The van der Waals surface area contributed by atoms with Gasteiger partial charge in [-0.15, -0.1) is 0 Å². The maximum atomic E-state index is 12.8. The van der Waals surface area contributed by atoms with Crippen molar-refractivity contribution in [3.8, 4) is 6.07 Å². The van der Waals surface area contributed by atoms with E-state index in [9.17, 15) is 10.1 Å². The normalized spacial score (nSPS) is 13.0. The van der Waals surface area contributed by atoms with Crippen molar-refractivity contribution in [3.63, 3.8) is 0 Å². The van der Waals surface area contributed by atoms with Crippen molar-refractivity contribution < 1.29 is 4.79 Å². The summed E-state index contributed by atoms with van der Waals surface area (Å²) >= 11 is 5.87. The van der Waals surface area contributed by atoms with Crippen molar-refractivity contribution >= 4 is 35.1 Å². The standard InChI is InChI=1S/C18H17ClN4O/c1-2-9-21-16-14(11-20)15-4-3-10-23(15)17(16)18(24)22-13-7-5-12(19)6-8-13/h5-9H,2-4,10H2,1H3,(H,22,24). The van der Waals surface area contributed by atoms with Gasteiger partial charge in [0.15, 0.2) is 0 Å². The van der Waals surface area contributed by atoms with E-state index in [2.05, 4.69) is 16.4 Å². The molecule has 0 bridgehead atoms. The number of carbonyl (C=O) groups is 1. The van der Waals surface area contributed by atoms with Crippen LogP contribution in [0.2, 0.25) is 5.02 Å². The second-order valence-corrected chi connectivity index (χ2v) is 6.00. The van der Waals surface area contributed by atoms with E-state index in [1.807, 2.05) is 11.5 Å². The third-order valence-corrected chi connectivity index (χ3v) is 4.22. The van der Waals surface area contributed by atoms with E-state index < -0.39 is 0 Å². The Balaban J connectivity index is 2.02. The smallest absolute Gasteiger partial charge is 0.274 e. The first kappa shape index (κ1) is 16.3. The molecule has 1 aromatic heterocycles. The molecule has 6 heteroatoms. The van der Waals surface area contributed by atoms with Gasteiger partial charge < -0.3 is 9.88 Å². The molecule has 1 aromatic carbocycles. The van der Waals surface area contributed by atoms with Crippen LogP contribution in [0.5, 0.6) is 0 Å². The summed E-state index contributed by atoms with van der Waals surface area (Å²) in [5.74, 6) is -0.259. The summed E-state index contributed by atoms with van der Waals surface area (Å²) in [4.78, 5) is 17.2. The van der Waals surface area contributed by atoms with Gasteiger partial charge in [0.25, 0.3) is 5.91 Å². The third kappa shape index (κ3) is 2.93. The summed E-state index contributed by atoms with van der Waals surface area (Å²) in [5.41, 5.74) is 3.00. The van der Waals surface area contributed by atoms with Gasteiger partial charge in [-0.1, -0.05) is 18.5 Å². The molecule has 2 aromatic rings. The molecule has 0 spiro atoms. The van der Waals surface area contributed by atoms with Crippen LogP contribution in [0.15, 0.2) is 29.3 Å². The van der Waals surface area contributed by atoms with Crippen molar-refractivity contribution in [2.45, 2.75) is 32.7 Å². The highest BCUT2D eigenvalue weighted by atomic mass is 35.5. The van der Waals surface area contributed by atoms with Gasteiger partial charge in [0.2, 0.25) is 0 Å². The summed E-state index contributed by atoms with van der Waals surface area (Å²) in [7, 11) is 0. The number of halogens is 1. The summed E-state index contributed by atoms with van der Waals surface area (Å²) in [6, 6.07) is 9.15. The summed E-state index contributed by atoms with van der Waals surface area (Å²) in [5, 5.41) is 13.0. The maximum Gasteiger partial charge on any atom is 0.274 e. The van der Waals surface area contributed by atoms with E-state index in [1.54, 1.807) is 30.5 Å². The molecule has 122 valence electrons. The number of nitrogens with one attached hydrogen (secondary N) is 1. The van der Waals surface area contributed by atoms with Gasteiger partial charge in [-0.25, -0.2) is 0 Å². The fourth-order valence-electron chi connectivity index (χ4n) is 2.94. The zero-order valence-electron chi connectivity index (χ0n) is 13.3. The number of fused-ring (bicyclic) bond motifs is 1. The van der Waals surface area contributed by atoms with Crippen LogP contribution in [0.1, 0.15) is 41.5 Å². The monoisotopic (exact) mass is 340 g/mol. The molecular formula is C18H17ClN4O. The molecule has 0 saturated heterocycles. The first-order valence-corrected chi connectivity index (χ1v) is 8.28. The van der Waals surface area contributed by atoms with E-state index in [1.165, 1.54) is 0 Å². The molecule has 0 atom stereocenters. The average molecular weight is 341 g/mol. The molecule has 1 amide bonds. The minimum Gasteiger partial charge on any atom is -0.337 e. The molecule has 0 aliphatic carbocycles. The topological polar surface area (TPSA) is 70.2 Å². The van der Waals surface area contributed by atoms with Gasteiger partial charge in [-0.2, -0.15) is 5.26 Å². The summed E-state index contributed by atoms with van der Waals surface area (Å²) in [6.45, 7) is 2.70. The molecule has 1 N–H and O–H groups in total. The lowest BCUT2D eigenvalue weighted by molar-refractivity contribution is 0.101. The van der Waals surface area contributed by atoms with Gasteiger partial charge in [-0.3, -0.25) is 9.79 Å². The highest BCUT2D eigenvalue weighted by molar-refractivity contribution is 6.30. The van der Waals surface area contributed by atoms with Crippen LogP contribution in [-0.2, 0) is 13.0 Å². The number of carbonyl (C=O) groups excluding carboxylic acids is 1. The largest absolute Gasteiger partial charge is 0.337 e. The Bertz CT molecular complexity index is 843. The van der Waals surface area contributed by atoms with Gasteiger partial charge in [0.05, 0.1) is 5.56 Å². The van der Waals surface area contributed by atoms with Crippen LogP contribution in [0.4, 0.5) is 11.4 Å². The lowest BCUT2D eigenvalue weighted by Gasteiger charge is -2.09. The van der Waals surface area contributed by atoms with Crippen molar-refractivity contribution in [1.29, 1.82) is 5.26 Å². The number of amides is 1. The highest BCUT2D eigenvalue weighted by Crippen LogP contribution is 2.35. The molecule has 24 heavy (non-hydrogen) atoms. The van der Waals surface area contributed by atoms with Crippen LogP contribution >= 0.6 is 11.6 Å². The van der Waals surface area contributed by atoms with Crippen molar-refractivity contribution in [2.75, 3.05) is 5.32 Å². The first-order chi connectivity index (χ1) is 11.7. The van der Waals surface area contributed by atoms with Crippen molar-refractivity contribution in [1.82, 2.24) is 4.57 Å². The number of nitriles is 1. The fraction of sp³-hybridized carbons (Fsp3) is 0.278. The number of anilines is 1. The maximum absolute atomic E-state index is 12.8. The number of aliphatic imine (C=N–C) groups is 1. The van der Waals surface area contributed by atoms with E-state index >= 15 is 0 Å². The zero-order valence-corrected chi connectivity index (χ0v) is 14.1. The minimum absolute atomic E-state index is 0.259. The highest BCUT2D eigenvalue weighted by Gasteiger charge is 2.29. The van der Waals surface area contributed by atoms with E-state index in [4.69, 9.17) is 11.6 Å². The third-order valence-electron chi connectivity index (χ3n) is 3.97. The van der Waals surface area contributed by atoms with Crippen LogP contribution in [0, 0.1) is 11.3 Å². The second-order valence-electron chi connectivity index (χ2n) is 5.57. The lowest BCUT2D eigenvalue weighted by atomic mass is 10.1. The number of nitrogens with zero attached hydrogens (tertiary/aromatic N) is 3. The summed E-state index contributed by atoms with van der Waals surface area (Å²) < 4.78 is 1.92. The molecular weight excluding hydrogens is 324 g/mol. The number of benzene rings is 1. The zero-order chi connectivity index (χ0) is 17.1. The minimum atomic E-state index is -0.259. The van der Waals surface area contributed by atoms with Crippen LogP contribution < -0.4 is 5.32 Å². The van der Waals surface area contributed by atoms with Crippen LogP contribution in [0.25, 0.3) is 0 Å². The Morgan fingerprint density at radius 2 is 2.21 bits per heavy atom. The molecule has 3 rings (SSSR count). The molecule has 0 radical (unpaired) electrons. The Morgan fingerprint density at radius 1 is 1.46 bits per heavy atom. The Morgan fingerprint density at radius 3 is 2.88 bits per heavy atom. The van der Waals surface area contributed by atoms with Crippen molar-refractivity contribution in [3.05, 3.63) is 46.2 Å². The number of rotatable bonds is 4. The van der Waals surface area contributed by atoms with E-state index in [0.29, 0.717) is 27.7 Å². The van der Waals surface area contributed by atoms with Crippen molar-refractivity contribution in [2.24, 2.45) is 4.99 Å². The fourth-order valence-corrected chi connectivity index (χ4v) is 3.07. The number of hydrogen-bond donors (Lipinski definition) is 1. The van der Waals surface area contributed by atoms with Gasteiger partial charge in [0, 0.05) is 29.2 Å². The Kier molecular flexibility index (Phi) is 4.68. The SMILES string of the molecule is CCC=Nc1c(C#N)c2n(c1C(=O)Nc1ccc(Cl)cc1)CCC2. The van der Waals surface area contributed by atoms with E-state index in [0.717, 1.165) is 31.5 Å². The van der Waals surface area contributed by atoms with Crippen LogP contribution in [-0.4, -0.2) is 16.7 Å². The summed E-state index contributed by atoms with van der Waals surface area (Å²) in [6.07, 6.45) is 4.20. The molecule has 0 saturated carbocycles. The Hall–Kier alpha value is -2.58. The molecule has 2 heterocycles. The molecule has 1 aliphatic heterocycles. The number of aromatic nitrogens is 1. The molecule has 0 unspecified atom stereocenters. The Labute approximate surface area is 145 Å². The quantitative estimate of drug-likeness (QED) is 0.842. The first-order valence-electron chi connectivity index (χ1n) is 7.90. The van der Waals surface area contributed by atoms with Gasteiger partial charge >= 0.3 is 0 Å². The second kappa shape index (κ2) is 6.90. The van der Waals surface area contributed by atoms with Gasteiger partial charge in [0.1, 0.15) is 17.5 Å². The predicted octanol–water partition coefficient (Wildman–Crippen LogP) is 4.32. The van der Waals surface area contributed by atoms with Gasteiger partial charge in [-0.05, 0) is 43.5 Å². The molecule has 1 aliphatic rings. The van der Waals surface area contributed by atoms with E-state index in [-0.39, 0.29) is 5.91 Å². The lowest BCUT2D eigenvalue weighted by Crippen LogP contribution is -2.16. The molecule has 5 nitrogen and oxygen atoms in total.